The van der Waals surface area contributed by atoms with Crippen LogP contribution in [0.1, 0.15) is 5.69 Å². The van der Waals surface area contributed by atoms with Crippen LogP contribution in [0, 0.1) is 0 Å². The first-order chi connectivity index (χ1) is 12.7. The first-order valence-corrected chi connectivity index (χ1v) is 9.57. The van der Waals surface area contributed by atoms with Crippen LogP contribution >= 0.6 is 34.3 Å². The summed E-state index contributed by atoms with van der Waals surface area (Å²) in [5.74, 6) is 0.286. The van der Waals surface area contributed by atoms with Crippen LogP contribution in [0.2, 0.25) is 5.02 Å². The van der Waals surface area contributed by atoms with Crippen molar-refractivity contribution >= 4 is 66.6 Å². The van der Waals surface area contributed by atoms with E-state index in [4.69, 9.17) is 11.6 Å². The van der Waals surface area contributed by atoms with Gasteiger partial charge in [0.2, 0.25) is 11.9 Å². The molecular weight excluding hydrogens is 392 g/mol. The SMILES string of the molecule is O=C(Cc1csc(Nc2ncccn2)n1)Nc1nc2ccc(Cl)cc2s1. The molecule has 130 valence electrons. The molecule has 26 heavy (non-hydrogen) atoms. The Morgan fingerprint density at radius 2 is 2.00 bits per heavy atom. The van der Waals surface area contributed by atoms with Crippen LogP contribution in [-0.4, -0.2) is 25.8 Å². The van der Waals surface area contributed by atoms with Crippen LogP contribution in [0.25, 0.3) is 10.2 Å². The predicted molar refractivity (Wildman–Crippen MR) is 104 cm³/mol. The van der Waals surface area contributed by atoms with E-state index in [1.807, 2.05) is 17.5 Å². The Balaban J connectivity index is 1.40. The first kappa shape index (κ1) is 16.8. The molecule has 0 atom stereocenters. The Hall–Kier alpha value is -2.62. The molecule has 2 N–H and O–H groups in total. The van der Waals surface area contributed by atoms with Crippen molar-refractivity contribution in [2.45, 2.75) is 6.42 Å². The highest BCUT2D eigenvalue weighted by Gasteiger charge is 2.11. The van der Waals surface area contributed by atoms with Crippen molar-refractivity contribution in [1.29, 1.82) is 0 Å². The quantitative estimate of drug-likeness (QED) is 0.521. The number of fused-ring (bicyclic) bond motifs is 1. The van der Waals surface area contributed by atoms with E-state index in [1.54, 1.807) is 24.5 Å². The van der Waals surface area contributed by atoms with Crippen LogP contribution in [0.5, 0.6) is 0 Å². The fourth-order valence-corrected chi connectivity index (χ4v) is 4.05. The van der Waals surface area contributed by atoms with Gasteiger partial charge in [0.05, 0.1) is 22.3 Å². The van der Waals surface area contributed by atoms with Crippen molar-refractivity contribution in [2.75, 3.05) is 10.6 Å². The molecule has 0 bridgehead atoms. The van der Waals surface area contributed by atoms with E-state index in [-0.39, 0.29) is 12.3 Å². The molecule has 1 amide bonds. The molecule has 1 aromatic carbocycles. The van der Waals surface area contributed by atoms with Gasteiger partial charge in [-0.15, -0.1) is 11.3 Å². The summed E-state index contributed by atoms with van der Waals surface area (Å²) in [6.45, 7) is 0. The molecule has 0 unspecified atom stereocenters. The minimum Gasteiger partial charge on any atom is -0.302 e. The number of rotatable bonds is 5. The fourth-order valence-electron chi connectivity index (χ4n) is 2.18. The van der Waals surface area contributed by atoms with Crippen LogP contribution in [0.4, 0.5) is 16.2 Å². The molecule has 0 aliphatic rings. The molecule has 0 saturated heterocycles. The minimum absolute atomic E-state index is 0.157. The fraction of sp³-hybridized carbons (Fsp3) is 0.0625. The Bertz CT molecular complexity index is 1060. The molecule has 0 radical (unpaired) electrons. The van der Waals surface area contributed by atoms with Gasteiger partial charge >= 0.3 is 0 Å². The lowest BCUT2D eigenvalue weighted by Crippen LogP contribution is -2.14. The van der Waals surface area contributed by atoms with Crippen molar-refractivity contribution < 1.29 is 4.79 Å². The van der Waals surface area contributed by atoms with Crippen LogP contribution in [0.15, 0.2) is 42.0 Å². The smallest absolute Gasteiger partial charge is 0.232 e. The number of nitrogens with one attached hydrogen (secondary N) is 2. The lowest BCUT2D eigenvalue weighted by molar-refractivity contribution is -0.115. The standard InChI is InChI=1S/C16H11ClN6OS2/c17-9-2-3-11-12(6-9)26-16(21-11)22-13(24)7-10-8-25-15(20-10)23-14-18-4-1-5-19-14/h1-6,8H,7H2,(H,21,22,24)(H,18,19,20,23). The van der Waals surface area contributed by atoms with Crippen LogP contribution in [0.3, 0.4) is 0 Å². The molecular formula is C16H11ClN6OS2. The highest BCUT2D eigenvalue weighted by Crippen LogP contribution is 2.28. The number of benzene rings is 1. The molecule has 0 aliphatic carbocycles. The Labute approximate surface area is 161 Å². The maximum absolute atomic E-state index is 12.2. The van der Waals surface area contributed by atoms with E-state index >= 15 is 0 Å². The second-order valence-corrected chi connectivity index (χ2v) is 7.52. The van der Waals surface area contributed by atoms with Gasteiger partial charge in [0.1, 0.15) is 0 Å². The number of halogens is 1. The summed E-state index contributed by atoms with van der Waals surface area (Å²) in [6, 6.07) is 7.16. The third kappa shape index (κ3) is 3.96. The van der Waals surface area contributed by atoms with Crippen molar-refractivity contribution in [3.63, 3.8) is 0 Å². The molecule has 4 aromatic rings. The second-order valence-electron chi connectivity index (χ2n) is 5.20. The molecule has 0 spiro atoms. The number of carbonyl (C=O) groups excluding carboxylic acids is 1. The average Bonchev–Trinajstić information content (AvgIpc) is 3.21. The molecule has 0 fully saturated rings. The van der Waals surface area contributed by atoms with Gasteiger partial charge < -0.3 is 10.6 Å². The summed E-state index contributed by atoms with van der Waals surface area (Å²) in [7, 11) is 0. The van der Waals surface area contributed by atoms with E-state index in [9.17, 15) is 4.79 Å². The van der Waals surface area contributed by atoms with Gasteiger partial charge in [0, 0.05) is 22.8 Å². The average molecular weight is 403 g/mol. The molecule has 0 saturated carbocycles. The zero-order valence-corrected chi connectivity index (χ0v) is 15.5. The summed E-state index contributed by atoms with van der Waals surface area (Å²) < 4.78 is 0.927. The number of hydrogen-bond donors (Lipinski definition) is 2. The summed E-state index contributed by atoms with van der Waals surface area (Å²) in [6.07, 6.45) is 3.44. The largest absolute Gasteiger partial charge is 0.302 e. The van der Waals surface area contributed by atoms with Gasteiger partial charge in [0.25, 0.3) is 0 Å². The summed E-state index contributed by atoms with van der Waals surface area (Å²) in [4.78, 5) is 29.1. The zero-order valence-electron chi connectivity index (χ0n) is 13.1. The van der Waals surface area contributed by atoms with E-state index in [0.29, 0.717) is 26.9 Å². The van der Waals surface area contributed by atoms with Gasteiger partial charge in [-0.1, -0.05) is 22.9 Å². The minimum atomic E-state index is -0.178. The van der Waals surface area contributed by atoms with E-state index in [0.717, 1.165) is 10.2 Å². The number of aromatic nitrogens is 4. The normalized spacial score (nSPS) is 10.8. The van der Waals surface area contributed by atoms with Crippen LogP contribution in [-0.2, 0) is 11.2 Å². The topological polar surface area (TPSA) is 92.7 Å². The Morgan fingerprint density at radius 1 is 1.15 bits per heavy atom. The molecule has 0 aliphatic heterocycles. The highest BCUT2D eigenvalue weighted by molar-refractivity contribution is 7.22. The monoisotopic (exact) mass is 402 g/mol. The number of anilines is 3. The van der Waals surface area contributed by atoms with Crippen molar-refractivity contribution in [3.8, 4) is 0 Å². The maximum Gasteiger partial charge on any atom is 0.232 e. The summed E-state index contributed by atoms with van der Waals surface area (Å²) in [5.41, 5.74) is 1.47. The zero-order chi connectivity index (χ0) is 17.9. The van der Waals surface area contributed by atoms with Crippen LogP contribution < -0.4 is 10.6 Å². The van der Waals surface area contributed by atoms with Crippen molar-refractivity contribution in [2.24, 2.45) is 0 Å². The summed E-state index contributed by atoms with van der Waals surface area (Å²) in [5, 5.41) is 9.44. The van der Waals surface area contributed by atoms with E-state index in [2.05, 4.69) is 30.6 Å². The Kier molecular flexibility index (Phi) is 4.74. The number of nitrogens with zero attached hydrogens (tertiary/aromatic N) is 4. The lowest BCUT2D eigenvalue weighted by atomic mass is 10.3. The third-order valence-electron chi connectivity index (χ3n) is 3.27. The van der Waals surface area contributed by atoms with Gasteiger partial charge in [-0.2, -0.15) is 0 Å². The van der Waals surface area contributed by atoms with Gasteiger partial charge in [-0.3, -0.25) is 4.79 Å². The Morgan fingerprint density at radius 3 is 2.85 bits per heavy atom. The first-order valence-electron chi connectivity index (χ1n) is 7.50. The third-order valence-corrected chi connectivity index (χ3v) is 5.25. The number of carbonyl (C=O) groups is 1. The van der Waals surface area contributed by atoms with E-state index in [1.165, 1.54) is 22.7 Å². The number of thiazole rings is 2. The molecule has 7 nitrogen and oxygen atoms in total. The number of hydrogen-bond acceptors (Lipinski definition) is 8. The van der Waals surface area contributed by atoms with Gasteiger partial charge in [-0.25, -0.2) is 19.9 Å². The lowest BCUT2D eigenvalue weighted by Gasteiger charge is -1.99. The highest BCUT2D eigenvalue weighted by atomic mass is 35.5. The number of amides is 1. The molecule has 3 aromatic heterocycles. The molecule has 4 rings (SSSR count). The second kappa shape index (κ2) is 7.32. The van der Waals surface area contributed by atoms with Gasteiger partial charge in [-0.05, 0) is 24.3 Å². The van der Waals surface area contributed by atoms with Gasteiger partial charge in [0.15, 0.2) is 10.3 Å². The molecule has 10 heteroatoms. The maximum atomic E-state index is 12.2. The van der Waals surface area contributed by atoms with Crippen molar-refractivity contribution in [1.82, 2.24) is 19.9 Å². The summed E-state index contributed by atoms with van der Waals surface area (Å²) >= 11 is 8.74. The van der Waals surface area contributed by atoms with E-state index < -0.39 is 0 Å². The predicted octanol–water partition coefficient (Wildman–Crippen LogP) is 4.12. The molecule has 3 heterocycles. The van der Waals surface area contributed by atoms with Crippen molar-refractivity contribution in [3.05, 3.63) is 52.8 Å².